The lowest BCUT2D eigenvalue weighted by Crippen LogP contribution is -2.42. The van der Waals surface area contributed by atoms with Crippen LogP contribution in [0.2, 0.25) is 5.02 Å². The van der Waals surface area contributed by atoms with E-state index < -0.39 is 0 Å². The molecule has 0 spiro atoms. The quantitative estimate of drug-likeness (QED) is 0.702. The van der Waals surface area contributed by atoms with Crippen molar-refractivity contribution in [2.24, 2.45) is 5.92 Å². The first-order valence-corrected chi connectivity index (χ1v) is 8.99. The van der Waals surface area contributed by atoms with Crippen LogP contribution in [0.5, 0.6) is 0 Å². The molecule has 2 rings (SSSR count). The van der Waals surface area contributed by atoms with Gasteiger partial charge in [-0.3, -0.25) is 0 Å². The Morgan fingerprint density at radius 1 is 1.50 bits per heavy atom. The van der Waals surface area contributed by atoms with Crippen LogP contribution < -0.4 is 5.32 Å². The molecule has 1 aromatic rings. The van der Waals surface area contributed by atoms with Gasteiger partial charge in [0, 0.05) is 26.9 Å². The first kappa shape index (κ1) is 16.4. The molecule has 1 saturated heterocycles. The zero-order valence-electron chi connectivity index (χ0n) is 12.3. The van der Waals surface area contributed by atoms with Crippen LogP contribution in [0.3, 0.4) is 0 Å². The third kappa shape index (κ3) is 4.50. The first-order valence-electron chi connectivity index (χ1n) is 7.54. The molecule has 0 aliphatic carbocycles. The average molecular weight is 407 g/mol. The van der Waals surface area contributed by atoms with Crippen molar-refractivity contribution < 1.29 is 0 Å². The fraction of sp³-hybridized carbons (Fsp3) is 0.625. The highest BCUT2D eigenvalue weighted by Crippen LogP contribution is 2.26. The SMILES string of the molecule is CCCN1CCCC(C(C)Nc2ccc(Cl)cc2I)C1. The summed E-state index contributed by atoms with van der Waals surface area (Å²) in [5.74, 6) is 0.738. The Balaban J connectivity index is 1.95. The van der Waals surface area contributed by atoms with Crippen LogP contribution >= 0.6 is 34.2 Å². The Morgan fingerprint density at radius 3 is 3.00 bits per heavy atom. The second kappa shape index (κ2) is 7.85. The third-order valence-electron chi connectivity index (χ3n) is 4.10. The van der Waals surface area contributed by atoms with Crippen molar-refractivity contribution in [1.29, 1.82) is 0 Å². The number of nitrogens with zero attached hydrogens (tertiary/aromatic N) is 1. The molecule has 4 heteroatoms. The van der Waals surface area contributed by atoms with E-state index in [-0.39, 0.29) is 0 Å². The fourth-order valence-corrected chi connectivity index (χ4v) is 4.02. The highest BCUT2D eigenvalue weighted by atomic mass is 127. The molecule has 1 aliphatic heterocycles. The van der Waals surface area contributed by atoms with Gasteiger partial charge in [0.1, 0.15) is 0 Å². The third-order valence-corrected chi connectivity index (χ3v) is 5.23. The van der Waals surface area contributed by atoms with Crippen LogP contribution in [-0.2, 0) is 0 Å². The molecule has 20 heavy (non-hydrogen) atoms. The Hall–Kier alpha value is -0.000000000000000111. The van der Waals surface area contributed by atoms with Crippen molar-refractivity contribution in [2.75, 3.05) is 25.0 Å². The predicted molar refractivity (Wildman–Crippen MR) is 96.7 cm³/mol. The van der Waals surface area contributed by atoms with Gasteiger partial charge in [0.2, 0.25) is 0 Å². The molecular weight excluding hydrogens is 383 g/mol. The minimum Gasteiger partial charge on any atom is -0.381 e. The van der Waals surface area contributed by atoms with E-state index in [2.05, 4.69) is 52.7 Å². The first-order chi connectivity index (χ1) is 9.60. The monoisotopic (exact) mass is 406 g/mol. The summed E-state index contributed by atoms with van der Waals surface area (Å²) in [4.78, 5) is 2.61. The van der Waals surface area contributed by atoms with Crippen molar-refractivity contribution in [2.45, 2.75) is 39.2 Å². The van der Waals surface area contributed by atoms with Crippen LogP contribution in [0.4, 0.5) is 5.69 Å². The zero-order chi connectivity index (χ0) is 14.5. The molecule has 112 valence electrons. The topological polar surface area (TPSA) is 15.3 Å². The van der Waals surface area contributed by atoms with Gasteiger partial charge in [0.15, 0.2) is 0 Å². The molecule has 0 saturated carbocycles. The summed E-state index contributed by atoms with van der Waals surface area (Å²) in [5, 5.41) is 4.48. The van der Waals surface area contributed by atoms with Crippen LogP contribution in [0, 0.1) is 9.49 Å². The molecule has 0 aromatic heterocycles. The zero-order valence-corrected chi connectivity index (χ0v) is 15.2. The maximum absolute atomic E-state index is 6.02. The largest absolute Gasteiger partial charge is 0.381 e. The molecule has 2 unspecified atom stereocenters. The van der Waals surface area contributed by atoms with Gasteiger partial charge in [-0.25, -0.2) is 0 Å². The number of rotatable bonds is 5. The molecule has 1 aliphatic rings. The highest BCUT2D eigenvalue weighted by molar-refractivity contribution is 14.1. The van der Waals surface area contributed by atoms with Gasteiger partial charge in [-0.05, 0) is 86.0 Å². The lowest BCUT2D eigenvalue weighted by Gasteiger charge is -2.36. The summed E-state index contributed by atoms with van der Waals surface area (Å²) in [6.45, 7) is 8.32. The summed E-state index contributed by atoms with van der Waals surface area (Å²) >= 11 is 8.37. The minimum atomic E-state index is 0.504. The summed E-state index contributed by atoms with van der Waals surface area (Å²) in [5.41, 5.74) is 1.20. The Labute approximate surface area is 141 Å². The summed E-state index contributed by atoms with van der Waals surface area (Å²) in [7, 11) is 0. The van der Waals surface area contributed by atoms with E-state index in [1.165, 1.54) is 48.2 Å². The van der Waals surface area contributed by atoms with Gasteiger partial charge < -0.3 is 10.2 Å². The standard InChI is InChI=1S/C16H24ClIN2/c1-3-8-20-9-4-5-13(11-20)12(2)19-16-7-6-14(17)10-15(16)18/h6-7,10,12-13,19H,3-5,8-9,11H2,1-2H3. The predicted octanol–water partition coefficient (Wildman–Crippen LogP) is 4.87. The second-order valence-corrected chi connectivity index (χ2v) is 7.36. The van der Waals surface area contributed by atoms with Crippen LogP contribution in [-0.4, -0.2) is 30.6 Å². The van der Waals surface area contributed by atoms with E-state index >= 15 is 0 Å². The van der Waals surface area contributed by atoms with E-state index in [1.54, 1.807) is 0 Å². The van der Waals surface area contributed by atoms with Gasteiger partial charge in [-0.2, -0.15) is 0 Å². The number of nitrogens with one attached hydrogen (secondary N) is 1. The molecule has 0 amide bonds. The van der Waals surface area contributed by atoms with Gasteiger partial charge in [-0.15, -0.1) is 0 Å². The van der Waals surface area contributed by atoms with Gasteiger partial charge >= 0.3 is 0 Å². The summed E-state index contributed by atoms with van der Waals surface area (Å²) < 4.78 is 1.20. The van der Waals surface area contributed by atoms with E-state index in [0.29, 0.717) is 6.04 Å². The highest BCUT2D eigenvalue weighted by Gasteiger charge is 2.24. The smallest absolute Gasteiger partial charge is 0.0479 e. The summed E-state index contributed by atoms with van der Waals surface area (Å²) in [6, 6.07) is 6.57. The Morgan fingerprint density at radius 2 is 2.30 bits per heavy atom. The number of halogens is 2. The number of benzene rings is 1. The Bertz CT molecular complexity index is 436. The van der Waals surface area contributed by atoms with E-state index in [4.69, 9.17) is 11.6 Å². The Kier molecular flexibility index (Phi) is 6.43. The fourth-order valence-electron chi connectivity index (χ4n) is 2.99. The van der Waals surface area contributed by atoms with Crippen LogP contribution in [0.15, 0.2) is 18.2 Å². The minimum absolute atomic E-state index is 0.504. The molecule has 2 nitrogen and oxygen atoms in total. The van der Waals surface area contributed by atoms with Crippen molar-refractivity contribution >= 4 is 39.9 Å². The number of hydrogen-bond donors (Lipinski definition) is 1. The number of piperidine rings is 1. The van der Waals surface area contributed by atoms with Crippen molar-refractivity contribution in [3.63, 3.8) is 0 Å². The maximum atomic E-state index is 6.02. The van der Waals surface area contributed by atoms with Crippen LogP contribution in [0.1, 0.15) is 33.1 Å². The van der Waals surface area contributed by atoms with Gasteiger partial charge in [0.25, 0.3) is 0 Å². The van der Waals surface area contributed by atoms with E-state index in [0.717, 1.165) is 10.9 Å². The summed E-state index contributed by atoms with van der Waals surface area (Å²) in [6.07, 6.45) is 3.91. The van der Waals surface area contributed by atoms with Gasteiger partial charge in [-0.1, -0.05) is 18.5 Å². The maximum Gasteiger partial charge on any atom is 0.0479 e. The molecule has 1 fully saturated rings. The lowest BCUT2D eigenvalue weighted by atomic mass is 9.91. The van der Waals surface area contributed by atoms with Crippen molar-refractivity contribution in [3.05, 3.63) is 26.8 Å². The van der Waals surface area contributed by atoms with Gasteiger partial charge in [0.05, 0.1) is 0 Å². The van der Waals surface area contributed by atoms with E-state index in [9.17, 15) is 0 Å². The van der Waals surface area contributed by atoms with Crippen molar-refractivity contribution in [1.82, 2.24) is 4.90 Å². The normalized spacial score (nSPS) is 21.7. The molecule has 0 radical (unpaired) electrons. The molecule has 1 aromatic carbocycles. The number of likely N-dealkylation sites (tertiary alicyclic amines) is 1. The molecular formula is C16H24ClIN2. The van der Waals surface area contributed by atoms with Crippen molar-refractivity contribution in [3.8, 4) is 0 Å². The lowest BCUT2D eigenvalue weighted by molar-refractivity contribution is 0.165. The molecule has 2 atom stereocenters. The van der Waals surface area contributed by atoms with Crippen LogP contribution in [0.25, 0.3) is 0 Å². The van der Waals surface area contributed by atoms with E-state index in [1.807, 2.05) is 12.1 Å². The number of anilines is 1. The average Bonchev–Trinajstić information content (AvgIpc) is 2.42. The molecule has 1 N–H and O–H groups in total. The molecule has 1 heterocycles. The molecule has 0 bridgehead atoms. The second-order valence-electron chi connectivity index (χ2n) is 5.76. The number of hydrogen-bond acceptors (Lipinski definition) is 2.